The van der Waals surface area contributed by atoms with Crippen LogP contribution in [0.1, 0.15) is 38.5 Å². The van der Waals surface area contributed by atoms with Crippen molar-refractivity contribution < 1.29 is 62.3 Å². The van der Waals surface area contributed by atoms with Crippen LogP contribution in [0.4, 0.5) is 0 Å². The van der Waals surface area contributed by atoms with Crippen molar-refractivity contribution in [3.8, 4) is 0 Å². The molecule has 2 aromatic carbocycles. The van der Waals surface area contributed by atoms with Crippen LogP contribution in [-0.4, -0.2) is 12.6 Å². The summed E-state index contributed by atoms with van der Waals surface area (Å²) in [6.45, 7) is 18.0. The van der Waals surface area contributed by atoms with E-state index in [4.69, 9.17) is 18.6 Å². The average molecular weight is 486 g/mol. The molecule has 0 atom stereocenters. The minimum absolute atomic E-state index is 0. The third kappa shape index (κ3) is 72.2. The standard InChI is InChI=1S/C8H12O2.2C5H.4CO.2Fe/c9-7-5-3-1-2-4-6-8-10;2*1-2-4-5-3-1;4*1-2;;/h1-6H2;2*1H;;;;;;/q-2;2*-5;;;;;;. The Bertz CT molecular complexity index is 432. The van der Waals surface area contributed by atoms with E-state index in [1.54, 1.807) is 12.1 Å². The van der Waals surface area contributed by atoms with Gasteiger partial charge in [-0.2, -0.15) is 12.8 Å². The second-order valence-corrected chi connectivity index (χ2v) is 3.57. The minimum Gasteiger partial charge on any atom is -0.999 e. The van der Waals surface area contributed by atoms with Crippen LogP contribution in [0.2, 0.25) is 0 Å². The zero-order valence-corrected chi connectivity index (χ0v) is 17.8. The van der Waals surface area contributed by atoms with Gasteiger partial charge < -0.3 is 70.3 Å². The Morgan fingerprint density at radius 3 is 0.900 bits per heavy atom. The van der Waals surface area contributed by atoms with Gasteiger partial charge in [-0.1, -0.05) is 25.7 Å². The van der Waals surface area contributed by atoms with E-state index in [2.05, 4.69) is 75.1 Å². The third-order valence-corrected chi connectivity index (χ3v) is 2.01. The molecule has 0 spiro atoms. The summed E-state index contributed by atoms with van der Waals surface area (Å²) in [6.07, 6.45) is 8.59. The maximum atomic E-state index is 9.71. The van der Waals surface area contributed by atoms with Crippen LogP contribution in [0.3, 0.4) is 0 Å². The van der Waals surface area contributed by atoms with Crippen LogP contribution in [0.15, 0.2) is 12.1 Å². The maximum absolute atomic E-state index is 9.71. The molecule has 0 heterocycles. The van der Waals surface area contributed by atoms with Gasteiger partial charge in [-0.05, 0) is 0 Å². The molecule has 0 fully saturated rings. The SMILES string of the molecule is O=[C-]CCCCCC[C-]=O.[C-]#[O+].[C-]#[O+].[C-]#[O+].[C-]#[O+].[Fe].[Fe].[c-]1[c-][c-][cH-][c-]1.[c-]1[c-][c-][cH-][c-]1. The van der Waals surface area contributed by atoms with Gasteiger partial charge >= 0.3 is 45.2 Å². The number of hydrogen-bond donors (Lipinski definition) is 0. The zero-order valence-electron chi connectivity index (χ0n) is 15.6. The van der Waals surface area contributed by atoms with E-state index in [0.29, 0.717) is 12.8 Å². The van der Waals surface area contributed by atoms with E-state index in [1.807, 2.05) is 12.6 Å². The van der Waals surface area contributed by atoms with Crippen LogP contribution in [0, 0.1) is 75.1 Å². The molecule has 0 saturated carbocycles. The van der Waals surface area contributed by atoms with Crippen molar-refractivity contribution >= 4 is 12.6 Å². The van der Waals surface area contributed by atoms with Crippen LogP contribution >= 0.6 is 0 Å². The van der Waals surface area contributed by atoms with Crippen LogP contribution < -0.4 is 0 Å². The van der Waals surface area contributed by atoms with Crippen molar-refractivity contribution in [2.45, 2.75) is 38.5 Å². The fourth-order valence-corrected chi connectivity index (χ4v) is 1.11. The second kappa shape index (κ2) is 71.3. The van der Waals surface area contributed by atoms with Crippen molar-refractivity contribution in [3.63, 3.8) is 0 Å². The molecule has 2 rings (SSSR count). The number of rotatable bonds is 7. The van der Waals surface area contributed by atoms with Gasteiger partial charge in [0, 0.05) is 34.1 Å². The molecular weight excluding hydrogens is 472 g/mol. The van der Waals surface area contributed by atoms with Gasteiger partial charge in [-0.3, -0.25) is 12.6 Å². The minimum atomic E-state index is 0. The van der Waals surface area contributed by atoms with Crippen LogP contribution in [0.5, 0.6) is 0 Å². The smallest absolute Gasteiger partial charge is 0 e. The van der Waals surface area contributed by atoms with Crippen molar-refractivity contribution in [2.75, 3.05) is 0 Å². The Hall–Kier alpha value is -1.96. The molecule has 0 bridgehead atoms. The molecule has 2 aromatic rings. The largest absolute Gasteiger partial charge is 0.999 e. The van der Waals surface area contributed by atoms with E-state index in [1.165, 1.54) is 0 Å². The predicted octanol–water partition coefficient (Wildman–Crippen LogP) is 2.60. The molecule has 0 aliphatic rings. The summed E-state index contributed by atoms with van der Waals surface area (Å²) in [7, 11) is 0. The van der Waals surface area contributed by atoms with Crippen molar-refractivity contribution in [1.82, 2.24) is 0 Å². The fourth-order valence-electron chi connectivity index (χ4n) is 1.11. The molecule has 0 aromatic heterocycles. The monoisotopic (exact) mass is 486 g/mol. The Kier molecular flexibility index (Phi) is 110. The van der Waals surface area contributed by atoms with E-state index < -0.39 is 0 Å². The summed E-state index contributed by atoms with van der Waals surface area (Å²) >= 11 is 0. The van der Waals surface area contributed by atoms with E-state index >= 15 is 0 Å². The number of hydrogen-bond acceptors (Lipinski definition) is 2. The molecule has 0 aliphatic heterocycles. The van der Waals surface area contributed by atoms with Gasteiger partial charge in [0.25, 0.3) is 0 Å². The molecule has 0 N–H and O–H groups in total. The quantitative estimate of drug-likeness (QED) is 0.259. The van der Waals surface area contributed by atoms with Crippen LogP contribution in [0.25, 0.3) is 0 Å². The predicted molar refractivity (Wildman–Crippen MR) is 89.6 cm³/mol. The third-order valence-electron chi connectivity index (χ3n) is 2.01. The van der Waals surface area contributed by atoms with Crippen molar-refractivity contribution in [2.24, 2.45) is 0 Å². The first kappa shape index (κ1) is 46.3. The van der Waals surface area contributed by atoms with Crippen molar-refractivity contribution in [1.29, 1.82) is 0 Å². The first-order valence-electron chi connectivity index (χ1n) is 7.09. The summed E-state index contributed by atoms with van der Waals surface area (Å²) in [4.78, 5) is 19.4. The normalized spacial score (nSPS) is 6.00. The fraction of sp³-hybridized carbons (Fsp3) is 0.273. The van der Waals surface area contributed by atoms with Crippen molar-refractivity contribution in [3.05, 3.63) is 87.3 Å². The summed E-state index contributed by atoms with van der Waals surface area (Å²) in [5, 5.41) is 0. The van der Waals surface area contributed by atoms with E-state index in [9.17, 15) is 9.59 Å². The van der Waals surface area contributed by atoms with E-state index in [0.717, 1.165) is 25.7 Å². The van der Waals surface area contributed by atoms with E-state index in [-0.39, 0.29) is 34.1 Å². The second-order valence-electron chi connectivity index (χ2n) is 3.57. The Balaban J connectivity index is -0.0000000457. The topological polar surface area (TPSA) is 114 Å². The molecule has 0 amide bonds. The molecule has 6 nitrogen and oxygen atoms in total. The Morgan fingerprint density at radius 1 is 0.533 bits per heavy atom. The van der Waals surface area contributed by atoms with Crippen LogP contribution in [-0.2, 0) is 62.3 Å². The van der Waals surface area contributed by atoms with Gasteiger partial charge in [0.1, 0.15) is 0 Å². The van der Waals surface area contributed by atoms with Gasteiger partial charge in [0.05, 0.1) is 0 Å². The Labute approximate surface area is 200 Å². The summed E-state index contributed by atoms with van der Waals surface area (Å²) < 4.78 is 30.0. The Morgan fingerprint density at radius 2 is 0.767 bits per heavy atom. The molecular formula is C22H14Fe2O6-12. The molecule has 0 radical (unpaired) electrons. The molecule has 0 unspecified atom stereocenters. The summed E-state index contributed by atoms with van der Waals surface area (Å²) in [5.41, 5.74) is 0. The maximum Gasteiger partial charge on any atom is 0 e. The van der Waals surface area contributed by atoms with Gasteiger partial charge in [0.15, 0.2) is 0 Å². The molecule has 30 heavy (non-hydrogen) atoms. The first-order chi connectivity index (χ1) is 13.9. The zero-order chi connectivity index (χ0) is 22.7. The number of carbonyl (C=O) groups excluding carboxylic acids is 2. The summed E-state index contributed by atoms with van der Waals surface area (Å²) in [5.74, 6) is 0. The molecule has 0 aliphatic carbocycles. The number of unbranched alkanes of at least 4 members (excludes halogenated alkanes) is 5. The summed E-state index contributed by atoms with van der Waals surface area (Å²) in [6, 6.07) is 24.0. The molecule has 166 valence electrons. The van der Waals surface area contributed by atoms with Gasteiger partial charge in [-0.15, -0.1) is 0 Å². The molecule has 8 heteroatoms. The molecule has 0 saturated heterocycles. The average Bonchev–Trinajstić information content (AvgIpc) is 3.56. The first-order valence-corrected chi connectivity index (χ1v) is 7.09. The van der Waals surface area contributed by atoms with Gasteiger partial charge in [0.2, 0.25) is 0 Å². The van der Waals surface area contributed by atoms with Gasteiger partial charge in [-0.25, -0.2) is 0 Å².